The van der Waals surface area contributed by atoms with Gasteiger partial charge in [0.25, 0.3) is 0 Å². The number of carbonyl (C=O) groups is 1. The second-order valence-corrected chi connectivity index (χ2v) is 4.59. The highest BCUT2D eigenvalue weighted by Crippen LogP contribution is 2.17. The molecular formula is C16H13N3O2. The molecule has 0 radical (unpaired) electrons. The quantitative estimate of drug-likeness (QED) is 0.645. The Morgan fingerprint density at radius 2 is 2.14 bits per heavy atom. The Kier molecular flexibility index (Phi) is 3.39. The van der Waals surface area contributed by atoms with Crippen LogP contribution in [0.1, 0.15) is 5.56 Å². The Hall–Kier alpha value is -3.08. The van der Waals surface area contributed by atoms with Crippen molar-refractivity contribution in [3.05, 3.63) is 60.3 Å². The summed E-state index contributed by atoms with van der Waals surface area (Å²) < 4.78 is 0. The highest BCUT2D eigenvalue weighted by atomic mass is 16.3. The summed E-state index contributed by atoms with van der Waals surface area (Å²) in [6.45, 7) is 0. The summed E-state index contributed by atoms with van der Waals surface area (Å²) in [5.41, 5.74) is 2.38. The van der Waals surface area contributed by atoms with E-state index in [0.29, 0.717) is 5.69 Å². The van der Waals surface area contributed by atoms with E-state index in [-0.39, 0.29) is 11.7 Å². The number of benzene rings is 2. The molecule has 0 saturated carbocycles. The van der Waals surface area contributed by atoms with Crippen molar-refractivity contribution in [3.63, 3.8) is 0 Å². The molecule has 0 fully saturated rings. The van der Waals surface area contributed by atoms with Crippen LogP contribution in [0.4, 0.5) is 5.69 Å². The average molecular weight is 279 g/mol. The van der Waals surface area contributed by atoms with Crippen molar-refractivity contribution in [3.8, 4) is 5.75 Å². The number of fused-ring (bicyclic) bond motifs is 1. The van der Waals surface area contributed by atoms with Crippen molar-refractivity contribution in [1.29, 1.82) is 0 Å². The Morgan fingerprint density at radius 3 is 3.00 bits per heavy atom. The van der Waals surface area contributed by atoms with Gasteiger partial charge in [0.2, 0.25) is 5.91 Å². The van der Waals surface area contributed by atoms with E-state index in [9.17, 15) is 9.90 Å². The highest BCUT2D eigenvalue weighted by molar-refractivity contribution is 6.02. The van der Waals surface area contributed by atoms with Crippen LogP contribution in [0.2, 0.25) is 0 Å². The van der Waals surface area contributed by atoms with Gasteiger partial charge in [-0.2, -0.15) is 5.10 Å². The predicted octanol–water partition coefficient (Wildman–Crippen LogP) is 2.92. The molecule has 3 aromatic rings. The molecule has 0 saturated heterocycles. The number of aromatic amines is 1. The number of hydrogen-bond acceptors (Lipinski definition) is 3. The maximum atomic E-state index is 11.9. The molecule has 0 atom stereocenters. The van der Waals surface area contributed by atoms with Crippen LogP contribution in [0.3, 0.4) is 0 Å². The lowest BCUT2D eigenvalue weighted by atomic mass is 10.2. The van der Waals surface area contributed by atoms with E-state index in [1.807, 2.05) is 12.1 Å². The lowest BCUT2D eigenvalue weighted by Crippen LogP contribution is -2.07. The molecule has 5 heteroatoms. The van der Waals surface area contributed by atoms with Gasteiger partial charge in [-0.3, -0.25) is 9.89 Å². The molecule has 0 aliphatic rings. The maximum Gasteiger partial charge on any atom is 0.248 e. The van der Waals surface area contributed by atoms with Gasteiger partial charge in [0.15, 0.2) is 0 Å². The predicted molar refractivity (Wildman–Crippen MR) is 81.9 cm³/mol. The molecule has 104 valence electrons. The molecule has 0 bridgehead atoms. The molecule has 5 nitrogen and oxygen atoms in total. The van der Waals surface area contributed by atoms with Gasteiger partial charge in [-0.15, -0.1) is 0 Å². The summed E-state index contributed by atoms with van der Waals surface area (Å²) in [5, 5.41) is 19.8. The van der Waals surface area contributed by atoms with Gasteiger partial charge in [0.1, 0.15) is 5.75 Å². The first-order chi connectivity index (χ1) is 10.2. The topological polar surface area (TPSA) is 78.0 Å². The van der Waals surface area contributed by atoms with Crippen LogP contribution in [0.5, 0.6) is 5.75 Å². The van der Waals surface area contributed by atoms with E-state index < -0.39 is 0 Å². The van der Waals surface area contributed by atoms with Gasteiger partial charge in [-0.05, 0) is 42.0 Å². The monoisotopic (exact) mass is 279 g/mol. The van der Waals surface area contributed by atoms with Gasteiger partial charge in [0.05, 0.1) is 11.7 Å². The molecular weight excluding hydrogens is 266 g/mol. The average Bonchev–Trinajstić information content (AvgIpc) is 2.93. The van der Waals surface area contributed by atoms with Crippen molar-refractivity contribution in [2.45, 2.75) is 0 Å². The number of rotatable bonds is 3. The second-order valence-electron chi connectivity index (χ2n) is 4.59. The number of amides is 1. The van der Waals surface area contributed by atoms with Crippen LogP contribution in [0.15, 0.2) is 54.7 Å². The number of aromatic nitrogens is 2. The number of phenolic OH excluding ortho intramolecular Hbond substituents is 1. The Bertz CT molecular complexity index is 821. The van der Waals surface area contributed by atoms with Gasteiger partial charge in [0, 0.05) is 17.1 Å². The summed E-state index contributed by atoms with van der Waals surface area (Å²) in [4.78, 5) is 11.9. The minimum atomic E-state index is -0.235. The highest BCUT2D eigenvalue weighted by Gasteiger charge is 2.01. The first-order valence-corrected chi connectivity index (χ1v) is 6.42. The third kappa shape index (κ3) is 3.09. The minimum Gasteiger partial charge on any atom is -0.508 e. The van der Waals surface area contributed by atoms with Crippen molar-refractivity contribution in [2.24, 2.45) is 0 Å². The third-order valence-corrected chi connectivity index (χ3v) is 3.01. The van der Waals surface area contributed by atoms with Gasteiger partial charge < -0.3 is 10.4 Å². The maximum absolute atomic E-state index is 11.9. The summed E-state index contributed by atoms with van der Waals surface area (Å²) in [7, 11) is 0. The largest absolute Gasteiger partial charge is 0.508 e. The molecule has 0 aliphatic carbocycles. The van der Waals surface area contributed by atoms with Crippen molar-refractivity contribution >= 4 is 28.6 Å². The van der Waals surface area contributed by atoms with E-state index in [1.54, 1.807) is 42.6 Å². The standard InChI is InChI=1S/C16H13N3O2/c20-14-3-1-2-11(8-14)4-7-16(21)18-13-5-6-15-12(9-13)10-17-19-15/h1-10,20H,(H,17,19)(H,18,21)/b7-4+. The summed E-state index contributed by atoms with van der Waals surface area (Å²) in [5.74, 6) is -0.0656. The number of aromatic hydroxyl groups is 1. The number of nitrogens with one attached hydrogen (secondary N) is 2. The number of phenols is 1. The first-order valence-electron chi connectivity index (χ1n) is 6.42. The van der Waals surface area contributed by atoms with Gasteiger partial charge in [-0.25, -0.2) is 0 Å². The van der Waals surface area contributed by atoms with Crippen LogP contribution in [0, 0.1) is 0 Å². The summed E-state index contributed by atoms with van der Waals surface area (Å²) >= 11 is 0. The first kappa shape index (κ1) is 12.9. The Balaban J connectivity index is 1.71. The molecule has 0 unspecified atom stereocenters. The van der Waals surface area contributed by atoms with E-state index in [1.165, 1.54) is 6.08 Å². The van der Waals surface area contributed by atoms with E-state index in [0.717, 1.165) is 16.5 Å². The minimum absolute atomic E-state index is 0.169. The molecule has 0 spiro atoms. The second kappa shape index (κ2) is 5.50. The third-order valence-electron chi connectivity index (χ3n) is 3.01. The zero-order valence-electron chi connectivity index (χ0n) is 11.1. The number of nitrogens with zero attached hydrogens (tertiary/aromatic N) is 1. The van der Waals surface area contributed by atoms with Crippen LogP contribution >= 0.6 is 0 Å². The van der Waals surface area contributed by atoms with Crippen molar-refractivity contribution < 1.29 is 9.90 Å². The number of carbonyl (C=O) groups excluding carboxylic acids is 1. The normalized spacial score (nSPS) is 11.0. The van der Waals surface area contributed by atoms with Crippen molar-refractivity contribution in [2.75, 3.05) is 5.32 Å². The SMILES string of the molecule is O=C(/C=C/c1cccc(O)c1)Nc1ccc2[nH]ncc2c1. The molecule has 1 amide bonds. The molecule has 2 aromatic carbocycles. The molecule has 1 heterocycles. The zero-order valence-corrected chi connectivity index (χ0v) is 11.1. The number of H-pyrrole nitrogens is 1. The number of hydrogen-bond donors (Lipinski definition) is 3. The summed E-state index contributed by atoms with van der Waals surface area (Å²) in [6.07, 6.45) is 4.77. The molecule has 1 aromatic heterocycles. The summed E-state index contributed by atoms with van der Waals surface area (Å²) in [6, 6.07) is 12.2. The van der Waals surface area contributed by atoms with E-state index >= 15 is 0 Å². The van der Waals surface area contributed by atoms with Crippen LogP contribution in [-0.2, 0) is 4.79 Å². The number of anilines is 1. The smallest absolute Gasteiger partial charge is 0.248 e. The van der Waals surface area contributed by atoms with Crippen molar-refractivity contribution in [1.82, 2.24) is 10.2 Å². The van der Waals surface area contributed by atoms with Gasteiger partial charge in [-0.1, -0.05) is 12.1 Å². The van der Waals surface area contributed by atoms with Crippen LogP contribution in [0.25, 0.3) is 17.0 Å². The van der Waals surface area contributed by atoms with E-state index in [2.05, 4.69) is 15.5 Å². The molecule has 0 aliphatic heterocycles. The fourth-order valence-electron chi connectivity index (χ4n) is 2.00. The lowest BCUT2D eigenvalue weighted by Gasteiger charge is -2.02. The Morgan fingerprint density at radius 1 is 1.24 bits per heavy atom. The molecule has 21 heavy (non-hydrogen) atoms. The fraction of sp³-hybridized carbons (Fsp3) is 0. The van der Waals surface area contributed by atoms with Crippen LogP contribution in [-0.4, -0.2) is 21.2 Å². The van der Waals surface area contributed by atoms with E-state index in [4.69, 9.17) is 0 Å². The Labute approximate surface area is 120 Å². The van der Waals surface area contributed by atoms with Gasteiger partial charge >= 0.3 is 0 Å². The van der Waals surface area contributed by atoms with Crippen LogP contribution < -0.4 is 5.32 Å². The zero-order chi connectivity index (χ0) is 14.7. The molecule has 3 N–H and O–H groups in total. The fourth-order valence-corrected chi connectivity index (χ4v) is 2.00. The molecule has 3 rings (SSSR count). The lowest BCUT2D eigenvalue weighted by molar-refractivity contribution is -0.111.